The lowest BCUT2D eigenvalue weighted by Crippen LogP contribution is -2.52. The second-order valence-corrected chi connectivity index (χ2v) is 10.9. The molecule has 0 atom stereocenters. The normalized spacial score (nSPS) is 19.1. The van der Waals surface area contributed by atoms with E-state index in [9.17, 15) is 8.42 Å². The molecule has 0 spiro atoms. The second-order valence-electron chi connectivity index (χ2n) is 8.43. The number of sulfone groups is 1. The van der Waals surface area contributed by atoms with Crippen LogP contribution in [0.15, 0.2) is 47.4 Å². The van der Waals surface area contributed by atoms with Crippen LogP contribution in [0.2, 0.25) is 5.02 Å². The summed E-state index contributed by atoms with van der Waals surface area (Å²) in [5, 5.41) is 4.82. The third-order valence-electron chi connectivity index (χ3n) is 6.11. The number of anilines is 2. The summed E-state index contributed by atoms with van der Waals surface area (Å²) >= 11 is 6.24. The number of benzene rings is 2. The predicted molar refractivity (Wildman–Crippen MR) is 125 cm³/mol. The Morgan fingerprint density at radius 3 is 2.75 bits per heavy atom. The molecule has 0 unspecified atom stereocenters. The van der Waals surface area contributed by atoms with Crippen LogP contribution in [0.3, 0.4) is 0 Å². The number of halogens is 1. The summed E-state index contributed by atoms with van der Waals surface area (Å²) in [6, 6.07) is 12.6. The van der Waals surface area contributed by atoms with Gasteiger partial charge in [0, 0.05) is 42.0 Å². The fourth-order valence-corrected chi connectivity index (χ4v) is 5.72. The molecule has 0 saturated carbocycles. The average molecular weight is 474 g/mol. The van der Waals surface area contributed by atoms with Gasteiger partial charge in [0.25, 0.3) is 0 Å². The Morgan fingerprint density at radius 1 is 1.19 bits per heavy atom. The minimum atomic E-state index is -3.36. The molecule has 0 radical (unpaired) electrons. The second kappa shape index (κ2) is 8.15. The first-order valence-corrected chi connectivity index (χ1v) is 12.5. The van der Waals surface area contributed by atoms with E-state index in [1.54, 1.807) is 18.2 Å². The first-order valence-electron chi connectivity index (χ1n) is 10.4. The van der Waals surface area contributed by atoms with Crippen molar-refractivity contribution >= 4 is 44.1 Å². The maximum atomic E-state index is 12.8. The topological polar surface area (TPSA) is 110 Å². The number of nitrogens with one attached hydrogen (secondary N) is 1. The molecule has 1 saturated heterocycles. The lowest BCUT2D eigenvalue weighted by Gasteiger charge is -2.40. The van der Waals surface area contributed by atoms with Gasteiger partial charge in [-0.2, -0.15) is 4.98 Å². The van der Waals surface area contributed by atoms with Crippen LogP contribution in [0.5, 0.6) is 0 Å². The van der Waals surface area contributed by atoms with Crippen LogP contribution in [-0.4, -0.2) is 57.0 Å². The SMILES string of the molecule is NCC1(CNc2nc(N3CCS(=O)(=O)c4ccccc4C3)nc3ccc(Cl)cc23)COC1. The van der Waals surface area contributed by atoms with Crippen LogP contribution >= 0.6 is 11.6 Å². The summed E-state index contributed by atoms with van der Waals surface area (Å²) in [7, 11) is -3.36. The Balaban J connectivity index is 1.54. The summed E-state index contributed by atoms with van der Waals surface area (Å²) in [4.78, 5) is 11.8. The monoisotopic (exact) mass is 473 g/mol. The third-order valence-corrected chi connectivity index (χ3v) is 8.13. The minimum Gasteiger partial charge on any atom is -0.380 e. The van der Waals surface area contributed by atoms with Gasteiger partial charge in [-0.15, -0.1) is 0 Å². The van der Waals surface area contributed by atoms with Crippen LogP contribution in [0.4, 0.5) is 11.8 Å². The van der Waals surface area contributed by atoms with Crippen molar-refractivity contribution in [3.63, 3.8) is 0 Å². The van der Waals surface area contributed by atoms with E-state index in [0.717, 1.165) is 16.5 Å². The molecule has 1 fully saturated rings. The van der Waals surface area contributed by atoms with E-state index in [4.69, 9.17) is 32.0 Å². The van der Waals surface area contributed by atoms with Crippen molar-refractivity contribution in [2.24, 2.45) is 11.1 Å². The zero-order valence-corrected chi connectivity index (χ0v) is 19.0. The van der Waals surface area contributed by atoms with Crippen molar-refractivity contribution in [1.82, 2.24) is 9.97 Å². The van der Waals surface area contributed by atoms with E-state index >= 15 is 0 Å². The third kappa shape index (κ3) is 3.90. The number of hydrogen-bond donors (Lipinski definition) is 2. The Kier molecular flexibility index (Phi) is 5.45. The lowest BCUT2D eigenvalue weighted by atomic mass is 9.86. The van der Waals surface area contributed by atoms with Crippen LogP contribution in [0.1, 0.15) is 5.56 Å². The van der Waals surface area contributed by atoms with Crippen LogP contribution in [0.25, 0.3) is 10.9 Å². The first-order chi connectivity index (χ1) is 15.4. The highest BCUT2D eigenvalue weighted by Gasteiger charge is 2.37. The van der Waals surface area contributed by atoms with Crippen molar-refractivity contribution < 1.29 is 13.2 Å². The molecule has 168 valence electrons. The molecule has 0 bridgehead atoms. The molecule has 8 nitrogen and oxygen atoms in total. The van der Waals surface area contributed by atoms with Crippen LogP contribution < -0.4 is 16.0 Å². The molecule has 0 amide bonds. The first kappa shape index (κ1) is 21.4. The largest absolute Gasteiger partial charge is 0.380 e. The fourth-order valence-electron chi connectivity index (χ4n) is 4.05. The molecule has 3 aromatic rings. The van der Waals surface area contributed by atoms with Crippen LogP contribution in [0, 0.1) is 5.41 Å². The van der Waals surface area contributed by atoms with Gasteiger partial charge in [-0.25, -0.2) is 13.4 Å². The van der Waals surface area contributed by atoms with Gasteiger partial charge < -0.3 is 20.7 Å². The summed E-state index contributed by atoms with van der Waals surface area (Å²) in [6.07, 6.45) is 0. The van der Waals surface area contributed by atoms with Crippen molar-refractivity contribution in [3.05, 3.63) is 53.1 Å². The molecule has 3 N–H and O–H groups in total. The Labute approximate surface area is 191 Å². The molecule has 0 aliphatic carbocycles. The summed E-state index contributed by atoms with van der Waals surface area (Å²) < 4.78 is 30.9. The standard InChI is InChI=1S/C22H24ClN5O3S/c23-16-5-6-18-17(9-16)20(25-12-22(11-24)13-31-14-22)27-21(26-18)28-7-8-32(29,30)19-4-2-1-3-15(19)10-28/h1-6,9H,7-8,10-14,24H2,(H,25,26,27). The smallest absolute Gasteiger partial charge is 0.228 e. The molecule has 2 aromatic carbocycles. The fraction of sp³-hybridized carbons (Fsp3) is 0.364. The highest BCUT2D eigenvalue weighted by molar-refractivity contribution is 7.91. The molecule has 2 aliphatic heterocycles. The molecular weight excluding hydrogens is 450 g/mol. The minimum absolute atomic E-state index is 0.00239. The van der Waals surface area contributed by atoms with E-state index in [1.165, 1.54) is 0 Å². The molecule has 10 heteroatoms. The maximum absolute atomic E-state index is 12.8. The summed E-state index contributed by atoms with van der Waals surface area (Å²) in [5.41, 5.74) is 7.32. The van der Waals surface area contributed by atoms with Gasteiger partial charge in [-0.3, -0.25) is 0 Å². The Hall–Kier alpha value is -2.46. The van der Waals surface area contributed by atoms with E-state index in [2.05, 4.69) is 5.32 Å². The van der Waals surface area contributed by atoms with Crippen LogP contribution in [-0.2, 0) is 21.1 Å². The summed E-state index contributed by atoms with van der Waals surface area (Å²) in [6.45, 7) is 3.04. The maximum Gasteiger partial charge on any atom is 0.228 e. The van der Waals surface area contributed by atoms with E-state index in [0.29, 0.717) is 61.1 Å². The number of rotatable bonds is 5. The quantitative estimate of drug-likeness (QED) is 0.581. The van der Waals surface area contributed by atoms with Gasteiger partial charge in [0.05, 0.1) is 29.4 Å². The number of nitrogens with zero attached hydrogens (tertiary/aromatic N) is 3. The highest BCUT2D eigenvalue weighted by Crippen LogP contribution is 2.31. The molecule has 32 heavy (non-hydrogen) atoms. The van der Waals surface area contributed by atoms with Gasteiger partial charge in [-0.1, -0.05) is 29.8 Å². The van der Waals surface area contributed by atoms with E-state index in [-0.39, 0.29) is 11.2 Å². The molecule has 1 aromatic heterocycles. The number of hydrogen-bond acceptors (Lipinski definition) is 8. The zero-order valence-electron chi connectivity index (χ0n) is 17.4. The number of fused-ring (bicyclic) bond motifs is 2. The number of nitrogens with two attached hydrogens (primary N) is 1. The van der Waals surface area contributed by atoms with Crippen molar-refractivity contribution in [1.29, 1.82) is 0 Å². The lowest BCUT2D eigenvalue weighted by molar-refractivity contribution is -0.0979. The zero-order chi connectivity index (χ0) is 22.3. The average Bonchev–Trinajstić information content (AvgIpc) is 2.89. The predicted octanol–water partition coefficient (Wildman–Crippen LogP) is 2.46. The molecule has 2 aliphatic rings. The van der Waals surface area contributed by atoms with Gasteiger partial charge in [0.2, 0.25) is 5.95 Å². The Bertz CT molecular complexity index is 1270. The molecular formula is C22H24ClN5O3S. The number of aromatic nitrogens is 2. The van der Waals surface area contributed by atoms with Crippen molar-refractivity contribution in [2.45, 2.75) is 11.4 Å². The summed E-state index contributed by atoms with van der Waals surface area (Å²) in [5.74, 6) is 1.12. The van der Waals surface area contributed by atoms with Gasteiger partial charge in [0.1, 0.15) is 5.82 Å². The van der Waals surface area contributed by atoms with Gasteiger partial charge in [0.15, 0.2) is 9.84 Å². The van der Waals surface area contributed by atoms with E-state index in [1.807, 2.05) is 29.2 Å². The number of ether oxygens (including phenoxy) is 1. The van der Waals surface area contributed by atoms with Gasteiger partial charge in [-0.05, 0) is 29.8 Å². The molecule has 3 heterocycles. The van der Waals surface area contributed by atoms with E-state index < -0.39 is 9.84 Å². The van der Waals surface area contributed by atoms with Crippen molar-refractivity contribution in [3.8, 4) is 0 Å². The Morgan fingerprint density at radius 2 is 2.00 bits per heavy atom. The molecule has 5 rings (SSSR count). The van der Waals surface area contributed by atoms with Gasteiger partial charge >= 0.3 is 0 Å². The highest BCUT2D eigenvalue weighted by atomic mass is 35.5. The van der Waals surface area contributed by atoms with Crippen molar-refractivity contribution in [2.75, 3.05) is 48.8 Å².